The fraction of sp³-hybridized carbons (Fsp3) is 0.544. The normalized spacial score (nSPS) is 13.8. The lowest BCUT2D eigenvalue weighted by molar-refractivity contribution is -0.126. The fourth-order valence-electron chi connectivity index (χ4n) is 9.79. The summed E-state index contributed by atoms with van der Waals surface area (Å²) in [5, 5.41) is 0. The number of rotatable bonds is 29. The first-order valence-electron chi connectivity index (χ1n) is 24.6. The zero-order valence-corrected chi connectivity index (χ0v) is 38.5. The van der Waals surface area contributed by atoms with Crippen molar-refractivity contribution in [1.29, 1.82) is 0 Å². The zero-order valence-electron chi connectivity index (χ0n) is 38.5. The van der Waals surface area contributed by atoms with Crippen LogP contribution in [-0.2, 0) is 29.9 Å². The quantitative estimate of drug-likeness (QED) is 0.0512. The van der Waals surface area contributed by atoms with Crippen molar-refractivity contribution < 1.29 is 19.1 Å². The number of benzene rings is 4. The molecule has 0 saturated heterocycles. The summed E-state index contributed by atoms with van der Waals surface area (Å²) in [6.45, 7) is 11.2. The van der Waals surface area contributed by atoms with Crippen LogP contribution in [0.3, 0.4) is 0 Å². The largest absolute Gasteiger partial charge is 0.380 e. The molecule has 0 unspecified atom stereocenters. The highest BCUT2D eigenvalue weighted by Gasteiger charge is 2.49. The van der Waals surface area contributed by atoms with Gasteiger partial charge in [0.15, 0.2) is 0 Å². The minimum Gasteiger partial charge on any atom is -0.380 e. The van der Waals surface area contributed by atoms with Gasteiger partial charge < -0.3 is 9.47 Å². The summed E-state index contributed by atoms with van der Waals surface area (Å²) in [7, 11) is 0. The maximum atomic E-state index is 13.9. The third-order valence-electron chi connectivity index (χ3n) is 13.3. The summed E-state index contributed by atoms with van der Waals surface area (Å²) < 4.78 is 12.4. The number of ether oxygens (including phenoxy) is 2. The number of carbonyl (C=O) groups excluding carboxylic acids is 2. The Hall–Kier alpha value is -3.86. The summed E-state index contributed by atoms with van der Waals surface area (Å²) in [4.78, 5) is 27.7. The van der Waals surface area contributed by atoms with Crippen molar-refractivity contribution in [3.05, 3.63) is 119 Å². The third-order valence-corrected chi connectivity index (χ3v) is 13.3. The van der Waals surface area contributed by atoms with Crippen LogP contribution in [0.5, 0.6) is 0 Å². The first-order valence-corrected chi connectivity index (χ1v) is 24.6. The van der Waals surface area contributed by atoms with Gasteiger partial charge in [0.25, 0.3) is 0 Å². The first-order chi connectivity index (χ1) is 30.0. The molecule has 0 fully saturated rings. The standard InChI is InChI=1S/C29H40O2.C28H38O2/c1-3-5-7-8-9-10-11-21-28(30)29(23-31-22-16-6-4-2)26-19-14-12-17-24(26)25-18-13-15-20-27(25)29;1-3-5-7-8-9-10-11-20-27(29)28(22-30-21-6-4-2)25-18-14-12-16-23(25)24-17-13-15-19-26(24)28/h12-15,17-20H,3-11,16,21-23H2,1-2H3;12-19H,3-11,20-22H2,1-2H3. The van der Waals surface area contributed by atoms with Crippen LogP contribution in [0, 0.1) is 0 Å². The predicted octanol–water partition coefficient (Wildman–Crippen LogP) is 15.3. The summed E-state index contributed by atoms with van der Waals surface area (Å²) in [6, 6.07) is 33.8. The van der Waals surface area contributed by atoms with E-state index in [0.29, 0.717) is 44.2 Å². The van der Waals surface area contributed by atoms with Gasteiger partial charge in [-0.1, -0.05) is 221 Å². The van der Waals surface area contributed by atoms with Gasteiger partial charge in [-0.3, -0.25) is 9.59 Å². The highest BCUT2D eigenvalue weighted by atomic mass is 16.5. The van der Waals surface area contributed by atoms with Crippen molar-refractivity contribution in [3.63, 3.8) is 0 Å². The molecule has 330 valence electrons. The Morgan fingerprint density at radius 2 is 0.639 bits per heavy atom. The van der Waals surface area contributed by atoms with Crippen LogP contribution in [0.2, 0.25) is 0 Å². The maximum absolute atomic E-state index is 13.9. The molecular weight excluding hydrogens is 749 g/mol. The SMILES string of the molecule is CCCCCCCCCC(=O)C1(COCCCC)c2ccccc2-c2ccccc21.CCCCCCCCCC(=O)C1(COCCCCC)c2ccccc2-c2ccccc21. The molecule has 0 spiro atoms. The van der Waals surface area contributed by atoms with Crippen molar-refractivity contribution in [2.75, 3.05) is 26.4 Å². The van der Waals surface area contributed by atoms with Crippen LogP contribution in [0.15, 0.2) is 97.1 Å². The molecule has 2 aliphatic carbocycles. The van der Waals surface area contributed by atoms with Crippen molar-refractivity contribution in [3.8, 4) is 22.3 Å². The van der Waals surface area contributed by atoms with Crippen LogP contribution in [-0.4, -0.2) is 38.0 Å². The third kappa shape index (κ3) is 12.0. The molecule has 61 heavy (non-hydrogen) atoms. The molecule has 0 bridgehead atoms. The van der Waals surface area contributed by atoms with E-state index in [1.54, 1.807) is 0 Å². The lowest BCUT2D eigenvalue weighted by atomic mass is 9.73. The monoisotopic (exact) mass is 827 g/mol. The van der Waals surface area contributed by atoms with Crippen LogP contribution >= 0.6 is 0 Å². The number of unbranched alkanes of at least 4 members (excludes halogenated alkanes) is 15. The molecule has 0 amide bonds. The molecule has 0 saturated carbocycles. The molecule has 0 heterocycles. The highest BCUT2D eigenvalue weighted by Crippen LogP contribution is 2.51. The van der Waals surface area contributed by atoms with Gasteiger partial charge in [0.05, 0.1) is 13.2 Å². The molecule has 4 nitrogen and oxygen atoms in total. The fourth-order valence-corrected chi connectivity index (χ4v) is 9.79. The van der Waals surface area contributed by atoms with E-state index in [9.17, 15) is 9.59 Å². The average Bonchev–Trinajstić information content (AvgIpc) is 3.75. The van der Waals surface area contributed by atoms with Gasteiger partial charge in [-0.05, 0) is 70.2 Å². The lowest BCUT2D eigenvalue weighted by Gasteiger charge is -2.30. The molecule has 0 radical (unpaired) electrons. The number of ketones is 2. The number of hydrogen-bond acceptors (Lipinski definition) is 4. The Balaban J connectivity index is 0.000000231. The topological polar surface area (TPSA) is 52.6 Å². The van der Waals surface area contributed by atoms with E-state index < -0.39 is 10.8 Å². The molecule has 0 N–H and O–H groups in total. The average molecular weight is 827 g/mol. The summed E-state index contributed by atoms with van der Waals surface area (Å²) in [6.07, 6.45) is 24.0. The molecule has 4 aromatic carbocycles. The van der Waals surface area contributed by atoms with Crippen molar-refractivity contribution >= 4 is 11.6 Å². The second kappa shape index (κ2) is 25.9. The van der Waals surface area contributed by atoms with E-state index in [1.807, 2.05) is 0 Å². The van der Waals surface area contributed by atoms with Gasteiger partial charge in [-0.2, -0.15) is 0 Å². The first kappa shape index (κ1) is 48.2. The zero-order chi connectivity index (χ0) is 43.2. The minimum atomic E-state index is -0.651. The number of carbonyl (C=O) groups is 2. The van der Waals surface area contributed by atoms with E-state index in [2.05, 4.69) is 125 Å². The van der Waals surface area contributed by atoms with Gasteiger partial charge in [-0.15, -0.1) is 0 Å². The number of fused-ring (bicyclic) bond motifs is 6. The second-order valence-electron chi connectivity index (χ2n) is 17.7. The predicted molar refractivity (Wildman–Crippen MR) is 257 cm³/mol. The van der Waals surface area contributed by atoms with E-state index in [4.69, 9.17) is 9.47 Å². The van der Waals surface area contributed by atoms with Crippen LogP contribution in [0.4, 0.5) is 0 Å². The molecule has 0 aromatic heterocycles. The summed E-state index contributed by atoms with van der Waals surface area (Å²) in [5.74, 6) is 0.652. The molecule has 4 heteroatoms. The van der Waals surface area contributed by atoms with E-state index in [1.165, 1.54) is 99.3 Å². The minimum absolute atomic E-state index is 0.324. The molecule has 4 aromatic rings. The maximum Gasteiger partial charge on any atom is 0.150 e. The highest BCUT2D eigenvalue weighted by molar-refractivity contribution is 6.03. The molecular formula is C57H78O4. The number of hydrogen-bond donors (Lipinski definition) is 0. The Morgan fingerprint density at radius 3 is 0.984 bits per heavy atom. The second-order valence-corrected chi connectivity index (χ2v) is 17.7. The van der Waals surface area contributed by atoms with Crippen molar-refractivity contribution in [2.24, 2.45) is 0 Å². The molecule has 2 aliphatic rings. The molecule has 6 rings (SSSR count). The lowest BCUT2D eigenvalue weighted by Crippen LogP contribution is -2.40. The van der Waals surface area contributed by atoms with Gasteiger partial charge in [-0.25, -0.2) is 0 Å². The summed E-state index contributed by atoms with van der Waals surface area (Å²) >= 11 is 0. The van der Waals surface area contributed by atoms with E-state index in [0.717, 1.165) is 73.8 Å². The Kier molecular flexibility index (Phi) is 20.5. The van der Waals surface area contributed by atoms with E-state index in [-0.39, 0.29) is 0 Å². The van der Waals surface area contributed by atoms with Crippen molar-refractivity contribution in [2.45, 2.75) is 173 Å². The van der Waals surface area contributed by atoms with Gasteiger partial charge >= 0.3 is 0 Å². The number of Topliss-reactive ketones (excluding diaryl/α,β-unsaturated/α-hetero) is 2. The molecule has 0 aliphatic heterocycles. The van der Waals surface area contributed by atoms with Gasteiger partial charge in [0.1, 0.15) is 22.4 Å². The Labute approximate surface area is 370 Å². The Morgan fingerprint density at radius 1 is 0.361 bits per heavy atom. The van der Waals surface area contributed by atoms with Crippen LogP contribution in [0.25, 0.3) is 22.3 Å². The molecule has 0 atom stereocenters. The smallest absolute Gasteiger partial charge is 0.150 e. The van der Waals surface area contributed by atoms with E-state index >= 15 is 0 Å². The Bertz CT molecular complexity index is 1820. The van der Waals surface area contributed by atoms with Gasteiger partial charge in [0, 0.05) is 26.1 Å². The van der Waals surface area contributed by atoms with Crippen LogP contribution < -0.4 is 0 Å². The van der Waals surface area contributed by atoms with Gasteiger partial charge in [0.2, 0.25) is 0 Å². The van der Waals surface area contributed by atoms with Crippen LogP contribution in [0.1, 0.15) is 185 Å². The van der Waals surface area contributed by atoms with Crippen molar-refractivity contribution in [1.82, 2.24) is 0 Å². The summed E-state index contributed by atoms with van der Waals surface area (Å²) in [5.41, 5.74) is 8.03.